The van der Waals surface area contributed by atoms with E-state index in [9.17, 15) is 0 Å². The molecule has 0 spiro atoms. The summed E-state index contributed by atoms with van der Waals surface area (Å²) in [4.78, 5) is 0. The molecule has 0 bridgehead atoms. The largest absolute Gasteiger partial charge is 0.396 e. The van der Waals surface area contributed by atoms with Gasteiger partial charge in [-0.2, -0.15) is 0 Å². The molecule has 0 saturated heterocycles. The molecular formula is C12H26O. The second-order valence-corrected chi connectivity index (χ2v) is 4.80. The topological polar surface area (TPSA) is 20.2 Å². The Kier molecular flexibility index (Phi) is 7.35. The van der Waals surface area contributed by atoms with Crippen LogP contribution in [-0.4, -0.2) is 11.7 Å². The molecule has 0 aromatic rings. The van der Waals surface area contributed by atoms with E-state index in [2.05, 4.69) is 20.8 Å². The lowest BCUT2D eigenvalue weighted by atomic mass is 9.82. The van der Waals surface area contributed by atoms with Gasteiger partial charge in [0, 0.05) is 6.61 Å². The lowest BCUT2D eigenvalue weighted by Crippen LogP contribution is -2.11. The van der Waals surface area contributed by atoms with Crippen molar-refractivity contribution in [2.24, 2.45) is 5.41 Å². The molecule has 0 radical (unpaired) electrons. The Hall–Kier alpha value is -0.0400. The molecule has 1 N–H and O–H groups in total. The minimum atomic E-state index is 0.352. The van der Waals surface area contributed by atoms with Crippen molar-refractivity contribution in [2.75, 3.05) is 6.61 Å². The lowest BCUT2D eigenvalue weighted by Gasteiger charge is -2.24. The van der Waals surface area contributed by atoms with E-state index in [-0.39, 0.29) is 0 Å². The van der Waals surface area contributed by atoms with Crippen LogP contribution >= 0.6 is 0 Å². The van der Waals surface area contributed by atoms with Crippen LogP contribution in [0.2, 0.25) is 0 Å². The zero-order valence-electron chi connectivity index (χ0n) is 9.60. The maximum atomic E-state index is 8.68. The van der Waals surface area contributed by atoms with Crippen LogP contribution in [0.3, 0.4) is 0 Å². The van der Waals surface area contributed by atoms with E-state index < -0.39 is 0 Å². The minimum Gasteiger partial charge on any atom is -0.396 e. The fourth-order valence-corrected chi connectivity index (χ4v) is 1.69. The average molecular weight is 186 g/mol. The summed E-state index contributed by atoms with van der Waals surface area (Å²) in [5.41, 5.74) is 0.490. The van der Waals surface area contributed by atoms with E-state index in [1.807, 2.05) is 0 Å². The van der Waals surface area contributed by atoms with Gasteiger partial charge in [-0.3, -0.25) is 0 Å². The van der Waals surface area contributed by atoms with Crippen molar-refractivity contribution in [3.63, 3.8) is 0 Å². The van der Waals surface area contributed by atoms with Crippen LogP contribution in [0, 0.1) is 5.41 Å². The van der Waals surface area contributed by atoms with Crippen molar-refractivity contribution in [3.8, 4) is 0 Å². The minimum absolute atomic E-state index is 0.352. The fourth-order valence-electron chi connectivity index (χ4n) is 1.69. The van der Waals surface area contributed by atoms with Gasteiger partial charge in [-0.15, -0.1) is 0 Å². The normalized spacial score (nSPS) is 12.0. The van der Waals surface area contributed by atoms with Gasteiger partial charge in [-0.05, 0) is 24.7 Å². The molecule has 1 nitrogen and oxygen atoms in total. The summed E-state index contributed by atoms with van der Waals surface area (Å²) < 4.78 is 0. The Bertz CT molecular complexity index is 95.7. The highest BCUT2D eigenvalue weighted by Crippen LogP contribution is 2.29. The van der Waals surface area contributed by atoms with Gasteiger partial charge >= 0.3 is 0 Å². The first kappa shape index (κ1) is 13.0. The summed E-state index contributed by atoms with van der Waals surface area (Å²) in [6.07, 6.45) is 8.79. The molecule has 0 amide bonds. The molecule has 0 heterocycles. The second-order valence-electron chi connectivity index (χ2n) is 4.80. The lowest BCUT2D eigenvalue weighted by molar-refractivity contribution is 0.248. The number of hydrogen-bond acceptors (Lipinski definition) is 1. The van der Waals surface area contributed by atoms with Crippen LogP contribution in [0.5, 0.6) is 0 Å². The molecular weight excluding hydrogens is 160 g/mol. The summed E-state index contributed by atoms with van der Waals surface area (Å²) in [7, 11) is 0. The maximum Gasteiger partial charge on any atom is 0.0431 e. The van der Waals surface area contributed by atoms with Crippen molar-refractivity contribution in [3.05, 3.63) is 0 Å². The van der Waals surface area contributed by atoms with Crippen molar-refractivity contribution >= 4 is 0 Å². The molecule has 0 fully saturated rings. The smallest absolute Gasteiger partial charge is 0.0431 e. The first-order valence-corrected chi connectivity index (χ1v) is 5.73. The molecule has 0 aromatic heterocycles. The van der Waals surface area contributed by atoms with Crippen molar-refractivity contribution < 1.29 is 5.11 Å². The Morgan fingerprint density at radius 2 is 1.46 bits per heavy atom. The van der Waals surface area contributed by atoms with Crippen LogP contribution < -0.4 is 0 Å². The average Bonchev–Trinajstić information content (AvgIpc) is 2.05. The van der Waals surface area contributed by atoms with Gasteiger partial charge in [-0.1, -0.05) is 46.5 Å². The van der Waals surface area contributed by atoms with Crippen molar-refractivity contribution in [1.82, 2.24) is 0 Å². The first-order valence-electron chi connectivity index (χ1n) is 5.73. The highest BCUT2D eigenvalue weighted by molar-refractivity contribution is 4.68. The summed E-state index contributed by atoms with van der Waals surface area (Å²) in [6.45, 7) is 7.30. The van der Waals surface area contributed by atoms with E-state index in [0.29, 0.717) is 12.0 Å². The van der Waals surface area contributed by atoms with Crippen LogP contribution in [0.1, 0.15) is 65.7 Å². The Morgan fingerprint density at radius 1 is 0.923 bits per heavy atom. The fraction of sp³-hybridized carbons (Fsp3) is 1.00. The molecule has 13 heavy (non-hydrogen) atoms. The van der Waals surface area contributed by atoms with Gasteiger partial charge in [0.25, 0.3) is 0 Å². The van der Waals surface area contributed by atoms with E-state index in [4.69, 9.17) is 5.11 Å². The zero-order chi connectivity index (χ0) is 10.2. The Morgan fingerprint density at radius 3 is 1.92 bits per heavy atom. The standard InChI is InChI=1S/C12H26O/c1-4-5-6-9-12(2,3)10-7-8-11-13/h13H,4-11H2,1-3H3. The quantitative estimate of drug-likeness (QED) is 0.572. The molecule has 0 aromatic carbocycles. The third-order valence-electron chi connectivity index (χ3n) is 2.72. The summed E-state index contributed by atoms with van der Waals surface area (Å²) >= 11 is 0. The van der Waals surface area contributed by atoms with Crippen LogP contribution in [0.4, 0.5) is 0 Å². The second kappa shape index (κ2) is 7.37. The zero-order valence-corrected chi connectivity index (χ0v) is 9.60. The number of hydrogen-bond donors (Lipinski definition) is 1. The Labute approximate surface area is 83.5 Å². The summed E-state index contributed by atoms with van der Waals surface area (Å²) in [5, 5.41) is 8.68. The molecule has 0 aliphatic carbocycles. The molecule has 0 rings (SSSR count). The molecule has 0 atom stereocenters. The van der Waals surface area contributed by atoms with Gasteiger partial charge in [0.1, 0.15) is 0 Å². The third kappa shape index (κ3) is 8.29. The van der Waals surface area contributed by atoms with E-state index >= 15 is 0 Å². The predicted molar refractivity (Wildman–Crippen MR) is 58.9 cm³/mol. The molecule has 1 heteroatoms. The van der Waals surface area contributed by atoms with Crippen LogP contribution in [-0.2, 0) is 0 Å². The van der Waals surface area contributed by atoms with E-state index in [1.54, 1.807) is 0 Å². The molecule has 0 saturated carbocycles. The van der Waals surface area contributed by atoms with Gasteiger partial charge in [0.15, 0.2) is 0 Å². The number of aliphatic hydroxyl groups excluding tert-OH is 1. The summed E-state index contributed by atoms with van der Waals surface area (Å²) in [6, 6.07) is 0. The molecule has 0 aliphatic heterocycles. The maximum absolute atomic E-state index is 8.68. The van der Waals surface area contributed by atoms with Crippen molar-refractivity contribution in [1.29, 1.82) is 0 Å². The monoisotopic (exact) mass is 186 g/mol. The van der Waals surface area contributed by atoms with Crippen molar-refractivity contribution in [2.45, 2.75) is 65.7 Å². The van der Waals surface area contributed by atoms with E-state index in [0.717, 1.165) is 6.42 Å². The third-order valence-corrected chi connectivity index (χ3v) is 2.72. The van der Waals surface area contributed by atoms with Gasteiger partial charge in [0.05, 0.1) is 0 Å². The van der Waals surface area contributed by atoms with Crippen LogP contribution in [0.25, 0.3) is 0 Å². The van der Waals surface area contributed by atoms with E-state index in [1.165, 1.54) is 38.5 Å². The number of aliphatic hydroxyl groups is 1. The summed E-state index contributed by atoms with van der Waals surface area (Å²) in [5.74, 6) is 0. The molecule has 0 unspecified atom stereocenters. The molecule has 0 aliphatic rings. The number of unbranched alkanes of at least 4 members (excludes halogenated alkanes) is 3. The molecule has 80 valence electrons. The van der Waals surface area contributed by atoms with Gasteiger partial charge in [-0.25, -0.2) is 0 Å². The SMILES string of the molecule is CCCCCC(C)(C)CCCCO. The number of rotatable bonds is 8. The van der Waals surface area contributed by atoms with Gasteiger partial charge in [0.2, 0.25) is 0 Å². The first-order chi connectivity index (χ1) is 6.12. The predicted octanol–water partition coefficient (Wildman–Crippen LogP) is 3.76. The van der Waals surface area contributed by atoms with Gasteiger partial charge < -0.3 is 5.11 Å². The van der Waals surface area contributed by atoms with Crippen LogP contribution in [0.15, 0.2) is 0 Å². The highest BCUT2D eigenvalue weighted by Gasteiger charge is 2.15. The highest BCUT2D eigenvalue weighted by atomic mass is 16.2. The Balaban J connectivity index is 3.42.